The smallest absolute Gasteiger partial charge is 0.250 e. The molecule has 2 atom stereocenters. The zero-order valence-corrected chi connectivity index (χ0v) is 13.8. The first-order valence-corrected chi connectivity index (χ1v) is 9.55. The van der Waals surface area contributed by atoms with Crippen molar-refractivity contribution in [3.8, 4) is 0 Å². The Hall–Kier alpha value is -0.430. The van der Waals surface area contributed by atoms with E-state index in [1.165, 1.54) is 24.2 Å². The van der Waals surface area contributed by atoms with Crippen molar-refractivity contribution >= 4 is 21.4 Å². The van der Waals surface area contributed by atoms with Crippen molar-refractivity contribution in [2.24, 2.45) is 11.7 Å². The van der Waals surface area contributed by atoms with Gasteiger partial charge in [-0.3, -0.25) is 0 Å². The molecule has 1 aromatic rings. The van der Waals surface area contributed by atoms with E-state index in [4.69, 9.17) is 5.73 Å². The Balaban J connectivity index is 2.17. The number of hydrogen-bond acceptors (Lipinski definition) is 4. The summed E-state index contributed by atoms with van der Waals surface area (Å²) in [5.74, 6) is 0.405. The molecule has 0 aliphatic heterocycles. The lowest BCUT2D eigenvalue weighted by Gasteiger charge is -2.22. The Labute approximate surface area is 125 Å². The molecular formula is C14H24N2O2S2. The first kappa shape index (κ1) is 15.9. The third kappa shape index (κ3) is 3.61. The minimum Gasteiger partial charge on any atom is -0.326 e. The molecule has 20 heavy (non-hydrogen) atoms. The van der Waals surface area contributed by atoms with Crippen molar-refractivity contribution < 1.29 is 8.42 Å². The second kappa shape index (κ2) is 6.56. The van der Waals surface area contributed by atoms with Crippen LogP contribution < -0.4 is 10.5 Å². The lowest BCUT2D eigenvalue weighted by molar-refractivity contribution is 0.400. The van der Waals surface area contributed by atoms with Crippen LogP contribution in [0.3, 0.4) is 0 Å². The minimum atomic E-state index is -3.41. The van der Waals surface area contributed by atoms with Gasteiger partial charge >= 0.3 is 0 Å². The Morgan fingerprint density at radius 2 is 2.05 bits per heavy atom. The summed E-state index contributed by atoms with van der Waals surface area (Å²) < 4.78 is 28.3. The van der Waals surface area contributed by atoms with Crippen LogP contribution in [0, 0.1) is 12.8 Å². The largest absolute Gasteiger partial charge is 0.326 e. The number of sulfonamides is 1. The van der Waals surface area contributed by atoms with Crippen LogP contribution in [0.5, 0.6) is 0 Å². The molecule has 0 bridgehead atoms. The van der Waals surface area contributed by atoms with Crippen molar-refractivity contribution in [2.45, 2.75) is 62.7 Å². The van der Waals surface area contributed by atoms with Crippen molar-refractivity contribution in [2.75, 3.05) is 0 Å². The van der Waals surface area contributed by atoms with Crippen LogP contribution in [-0.2, 0) is 16.6 Å². The molecule has 0 saturated heterocycles. The second-order valence-corrected chi connectivity index (χ2v) is 8.80. The van der Waals surface area contributed by atoms with E-state index in [0.717, 1.165) is 29.7 Å². The summed E-state index contributed by atoms with van der Waals surface area (Å²) in [5, 5.41) is 0. The summed E-state index contributed by atoms with van der Waals surface area (Å²) in [4.78, 5) is 0.944. The molecule has 0 radical (unpaired) electrons. The molecule has 6 heteroatoms. The maximum Gasteiger partial charge on any atom is 0.250 e. The van der Waals surface area contributed by atoms with Crippen LogP contribution in [0.4, 0.5) is 0 Å². The van der Waals surface area contributed by atoms with Gasteiger partial charge in [-0.15, -0.1) is 11.3 Å². The fourth-order valence-corrected chi connectivity index (χ4v) is 5.61. The minimum absolute atomic E-state index is 0.0613. The molecule has 1 aromatic heterocycles. The fourth-order valence-electron chi connectivity index (χ4n) is 2.75. The number of hydrogen-bond donors (Lipinski definition) is 2. The second-order valence-electron chi connectivity index (χ2n) is 5.72. The lowest BCUT2D eigenvalue weighted by atomic mass is 9.98. The van der Waals surface area contributed by atoms with Gasteiger partial charge in [0.25, 0.3) is 0 Å². The average Bonchev–Trinajstić information content (AvgIpc) is 2.67. The van der Waals surface area contributed by atoms with E-state index in [9.17, 15) is 8.42 Å². The summed E-state index contributed by atoms with van der Waals surface area (Å²) in [6.45, 7) is 4.45. The zero-order chi connectivity index (χ0) is 14.8. The van der Waals surface area contributed by atoms with Gasteiger partial charge < -0.3 is 5.73 Å². The molecule has 0 amide bonds. The summed E-state index contributed by atoms with van der Waals surface area (Å²) in [5.41, 5.74) is 6.59. The molecule has 1 aliphatic carbocycles. The molecule has 0 aromatic carbocycles. The molecule has 4 nitrogen and oxygen atoms in total. The third-order valence-corrected chi connectivity index (χ3v) is 7.34. The molecule has 2 rings (SSSR count). The molecule has 1 saturated carbocycles. The van der Waals surface area contributed by atoms with Gasteiger partial charge in [-0.25, -0.2) is 13.1 Å². The zero-order valence-electron chi connectivity index (χ0n) is 12.2. The van der Waals surface area contributed by atoms with Gasteiger partial charge in [0.1, 0.15) is 4.21 Å². The maximum atomic E-state index is 12.5. The predicted molar refractivity (Wildman–Crippen MR) is 83.3 cm³/mol. The summed E-state index contributed by atoms with van der Waals surface area (Å²) in [7, 11) is -3.41. The highest BCUT2D eigenvalue weighted by Gasteiger charge is 2.27. The quantitative estimate of drug-likeness (QED) is 0.839. The lowest BCUT2D eigenvalue weighted by Crippen LogP contribution is -2.38. The van der Waals surface area contributed by atoms with E-state index < -0.39 is 10.0 Å². The van der Waals surface area contributed by atoms with Gasteiger partial charge in [0.15, 0.2) is 0 Å². The van der Waals surface area contributed by atoms with Crippen LogP contribution in [0.15, 0.2) is 10.3 Å². The first-order valence-electron chi connectivity index (χ1n) is 7.25. The molecule has 1 fully saturated rings. The Morgan fingerprint density at radius 1 is 1.35 bits per heavy atom. The van der Waals surface area contributed by atoms with Gasteiger partial charge in [0, 0.05) is 17.5 Å². The van der Waals surface area contributed by atoms with Crippen LogP contribution in [-0.4, -0.2) is 14.5 Å². The van der Waals surface area contributed by atoms with Crippen molar-refractivity contribution in [3.05, 3.63) is 16.5 Å². The van der Waals surface area contributed by atoms with E-state index in [1.54, 1.807) is 6.07 Å². The SMILES string of the molecule is Cc1cc(S(=O)(=O)NC2CCCCCC2C)sc1CN. The van der Waals surface area contributed by atoms with Crippen LogP contribution in [0.2, 0.25) is 0 Å². The number of aryl methyl sites for hydroxylation is 1. The highest BCUT2D eigenvalue weighted by atomic mass is 32.2. The fraction of sp³-hybridized carbons (Fsp3) is 0.714. The average molecular weight is 316 g/mol. The normalized spacial score (nSPS) is 24.6. The van der Waals surface area contributed by atoms with Crippen molar-refractivity contribution in [1.29, 1.82) is 0 Å². The molecule has 1 heterocycles. The summed E-state index contributed by atoms with van der Waals surface area (Å²) >= 11 is 1.29. The van der Waals surface area contributed by atoms with Crippen molar-refractivity contribution in [1.82, 2.24) is 4.72 Å². The highest BCUT2D eigenvalue weighted by molar-refractivity contribution is 7.91. The standard InChI is InChI=1S/C14H24N2O2S2/c1-10-6-4-3-5-7-12(10)16-20(17,18)14-8-11(2)13(9-15)19-14/h8,10,12,16H,3-7,9,15H2,1-2H3. The molecule has 0 spiro atoms. The Bertz CT molecular complexity index is 552. The van der Waals surface area contributed by atoms with Gasteiger partial charge in [-0.05, 0) is 37.3 Å². The predicted octanol–water partition coefficient (Wildman–Crippen LogP) is 2.76. The van der Waals surface area contributed by atoms with Crippen LogP contribution >= 0.6 is 11.3 Å². The number of rotatable bonds is 4. The van der Waals surface area contributed by atoms with E-state index in [2.05, 4.69) is 11.6 Å². The molecular weight excluding hydrogens is 292 g/mol. The van der Waals surface area contributed by atoms with Crippen LogP contribution in [0.25, 0.3) is 0 Å². The molecule has 114 valence electrons. The molecule has 2 unspecified atom stereocenters. The topological polar surface area (TPSA) is 72.2 Å². The Kier molecular flexibility index (Phi) is 5.23. The van der Waals surface area contributed by atoms with Gasteiger partial charge in [-0.2, -0.15) is 0 Å². The number of nitrogens with one attached hydrogen (secondary N) is 1. The summed E-state index contributed by atoms with van der Waals surface area (Å²) in [6, 6.07) is 1.79. The highest BCUT2D eigenvalue weighted by Crippen LogP contribution is 2.28. The van der Waals surface area contributed by atoms with Crippen molar-refractivity contribution in [3.63, 3.8) is 0 Å². The third-order valence-electron chi connectivity index (χ3n) is 4.12. The molecule has 1 aliphatic rings. The maximum absolute atomic E-state index is 12.5. The monoisotopic (exact) mass is 316 g/mol. The van der Waals surface area contributed by atoms with E-state index >= 15 is 0 Å². The van der Waals surface area contributed by atoms with Crippen LogP contribution in [0.1, 0.15) is 49.5 Å². The van der Waals surface area contributed by atoms with Gasteiger partial charge in [0.05, 0.1) is 0 Å². The molecule has 3 N–H and O–H groups in total. The summed E-state index contributed by atoms with van der Waals surface area (Å²) in [6.07, 6.45) is 5.56. The van der Waals surface area contributed by atoms with E-state index in [1.807, 2.05) is 6.92 Å². The van der Waals surface area contributed by atoms with Gasteiger partial charge in [0.2, 0.25) is 10.0 Å². The first-order chi connectivity index (χ1) is 9.44. The van der Waals surface area contributed by atoms with Gasteiger partial charge in [-0.1, -0.05) is 26.2 Å². The number of thiophene rings is 1. The Morgan fingerprint density at radius 3 is 2.70 bits per heavy atom. The van der Waals surface area contributed by atoms with E-state index in [-0.39, 0.29) is 6.04 Å². The van der Waals surface area contributed by atoms with E-state index in [0.29, 0.717) is 16.7 Å². The number of nitrogens with two attached hydrogens (primary N) is 1.